The van der Waals surface area contributed by atoms with E-state index in [2.05, 4.69) is 10.2 Å². The second-order valence-electron chi connectivity index (χ2n) is 5.43. The quantitative estimate of drug-likeness (QED) is 0.846. The molecule has 0 atom stereocenters. The summed E-state index contributed by atoms with van der Waals surface area (Å²) in [6.07, 6.45) is 0. The van der Waals surface area contributed by atoms with Crippen molar-refractivity contribution in [3.05, 3.63) is 24.3 Å². The predicted octanol–water partition coefficient (Wildman–Crippen LogP) is -0.0267. The molecular formula is C14H21N3O3S. The molecule has 2 heterocycles. The van der Waals surface area contributed by atoms with Crippen LogP contribution >= 0.6 is 0 Å². The highest BCUT2D eigenvalue weighted by Gasteiger charge is 2.32. The number of rotatable bonds is 4. The molecule has 6 nitrogen and oxygen atoms in total. The smallest absolute Gasteiger partial charge is 0.243 e. The van der Waals surface area contributed by atoms with E-state index in [1.165, 1.54) is 7.11 Å². The lowest BCUT2D eigenvalue weighted by Gasteiger charge is -2.42. The molecule has 1 aromatic rings. The third kappa shape index (κ3) is 2.91. The number of methoxy groups -OCH3 is 1. The van der Waals surface area contributed by atoms with Gasteiger partial charge in [-0.05, 0) is 12.1 Å². The maximum Gasteiger partial charge on any atom is 0.243 e. The van der Waals surface area contributed by atoms with Crippen LogP contribution in [-0.4, -0.2) is 70.0 Å². The molecule has 2 aliphatic heterocycles. The van der Waals surface area contributed by atoms with Crippen LogP contribution in [0.4, 0.5) is 0 Å². The minimum atomic E-state index is -3.42. The van der Waals surface area contributed by atoms with Crippen molar-refractivity contribution in [3.63, 3.8) is 0 Å². The number of hydrogen-bond donors (Lipinski definition) is 1. The van der Waals surface area contributed by atoms with Gasteiger partial charge in [-0.25, -0.2) is 8.42 Å². The molecule has 3 rings (SSSR count). The van der Waals surface area contributed by atoms with Crippen LogP contribution in [-0.2, 0) is 10.0 Å². The molecule has 1 aromatic carbocycles. The van der Waals surface area contributed by atoms with Gasteiger partial charge in [0.1, 0.15) is 5.75 Å². The maximum absolute atomic E-state index is 12.7. The number of piperazine rings is 1. The van der Waals surface area contributed by atoms with Crippen molar-refractivity contribution in [2.75, 3.05) is 46.4 Å². The van der Waals surface area contributed by atoms with Gasteiger partial charge in [0.05, 0.1) is 12.0 Å². The Kier molecular flexibility index (Phi) is 4.17. The molecule has 2 fully saturated rings. The Labute approximate surface area is 125 Å². The first-order valence-corrected chi connectivity index (χ1v) is 8.64. The van der Waals surface area contributed by atoms with Crippen molar-refractivity contribution in [1.29, 1.82) is 0 Å². The summed E-state index contributed by atoms with van der Waals surface area (Å²) in [6.45, 7) is 4.74. The van der Waals surface area contributed by atoms with Gasteiger partial charge in [0.15, 0.2) is 0 Å². The Hall–Kier alpha value is -1.15. The summed E-state index contributed by atoms with van der Waals surface area (Å²) in [6, 6.07) is 7.24. The van der Waals surface area contributed by atoms with E-state index < -0.39 is 10.0 Å². The molecule has 1 N–H and O–H groups in total. The fourth-order valence-corrected chi connectivity index (χ4v) is 4.21. The van der Waals surface area contributed by atoms with Crippen molar-refractivity contribution in [2.24, 2.45) is 0 Å². The van der Waals surface area contributed by atoms with E-state index in [9.17, 15) is 8.42 Å². The van der Waals surface area contributed by atoms with Crippen LogP contribution in [0.2, 0.25) is 0 Å². The van der Waals surface area contributed by atoms with Gasteiger partial charge in [0, 0.05) is 51.4 Å². The van der Waals surface area contributed by atoms with E-state index >= 15 is 0 Å². The molecule has 2 saturated heterocycles. The largest absolute Gasteiger partial charge is 0.497 e. The van der Waals surface area contributed by atoms with Crippen LogP contribution < -0.4 is 10.1 Å². The van der Waals surface area contributed by atoms with Crippen LogP contribution in [0.25, 0.3) is 0 Å². The SMILES string of the molecule is COc1cccc(S(=O)(=O)N2CCN(C3CNC3)CC2)c1. The van der Waals surface area contributed by atoms with Crippen molar-refractivity contribution in [1.82, 2.24) is 14.5 Å². The van der Waals surface area contributed by atoms with Gasteiger partial charge in [0.2, 0.25) is 10.0 Å². The predicted molar refractivity (Wildman–Crippen MR) is 80.0 cm³/mol. The van der Waals surface area contributed by atoms with Crippen LogP contribution in [0.5, 0.6) is 5.75 Å². The van der Waals surface area contributed by atoms with Gasteiger partial charge in [-0.2, -0.15) is 4.31 Å². The Morgan fingerprint density at radius 2 is 1.90 bits per heavy atom. The molecule has 0 unspecified atom stereocenters. The van der Waals surface area contributed by atoms with Crippen molar-refractivity contribution < 1.29 is 13.2 Å². The van der Waals surface area contributed by atoms with Crippen LogP contribution in [0.15, 0.2) is 29.2 Å². The highest BCUT2D eigenvalue weighted by atomic mass is 32.2. The zero-order valence-corrected chi connectivity index (χ0v) is 13.0. The molecule has 116 valence electrons. The lowest BCUT2D eigenvalue weighted by Crippen LogP contribution is -2.62. The number of nitrogens with one attached hydrogen (secondary N) is 1. The molecule has 21 heavy (non-hydrogen) atoms. The number of sulfonamides is 1. The van der Waals surface area contributed by atoms with E-state index in [0.29, 0.717) is 29.8 Å². The van der Waals surface area contributed by atoms with Crippen LogP contribution in [0.1, 0.15) is 0 Å². The highest BCUT2D eigenvalue weighted by Crippen LogP contribution is 2.22. The van der Waals surface area contributed by atoms with Gasteiger partial charge >= 0.3 is 0 Å². The van der Waals surface area contributed by atoms with E-state index in [0.717, 1.165) is 26.2 Å². The topological polar surface area (TPSA) is 61.9 Å². The van der Waals surface area contributed by atoms with Crippen LogP contribution in [0.3, 0.4) is 0 Å². The number of hydrogen-bond acceptors (Lipinski definition) is 5. The highest BCUT2D eigenvalue weighted by molar-refractivity contribution is 7.89. The monoisotopic (exact) mass is 311 g/mol. The molecule has 0 amide bonds. The summed E-state index contributed by atoms with van der Waals surface area (Å²) in [5, 5.41) is 3.25. The molecule has 0 radical (unpaired) electrons. The van der Waals surface area contributed by atoms with Crippen LogP contribution in [0, 0.1) is 0 Å². The number of nitrogens with zero attached hydrogens (tertiary/aromatic N) is 2. The fraction of sp³-hybridized carbons (Fsp3) is 0.571. The Morgan fingerprint density at radius 1 is 1.19 bits per heavy atom. The van der Waals surface area contributed by atoms with E-state index in [4.69, 9.17) is 4.74 Å². The molecule has 2 aliphatic rings. The number of ether oxygens (including phenoxy) is 1. The summed E-state index contributed by atoms with van der Waals surface area (Å²) < 4.78 is 32.0. The normalized spacial score (nSPS) is 22.0. The van der Waals surface area contributed by atoms with Crippen molar-refractivity contribution >= 4 is 10.0 Å². The summed E-state index contributed by atoms with van der Waals surface area (Å²) in [5.74, 6) is 0.565. The zero-order chi connectivity index (χ0) is 14.9. The Bertz CT molecular complexity index is 593. The number of benzene rings is 1. The first-order valence-electron chi connectivity index (χ1n) is 7.20. The summed E-state index contributed by atoms with van der Waals surface area (Å²) in [7, 11) is -1.88. The molecular weight excluding hydrogens is 290 g/mol. The standard InChI is InChI=1S/C14H21N3O3S/c1-20-13-3-2-4-14(9-13)21(18,19)17-7-5-16(6-8-17)12-10-15-11-12/h2-4,9,12,15H,5-8,10-11H2,1H3. The Morgan fingerprint density at radius 3 is 2.48 bits per heavy atom. The first kappa shape index (κ1) is 14.8. The average molecular weight is 311 g/mol. The van der Waals surface area contributed by atoms with Gasteiger partial charge in [-0.15, -0.1) is 0 Å². The maximum atomic E-state index is 12.7. The van der Waals surface area contributed by atoms with E-state index in [-0.39, 0.29) is 0 Å². The third-order valence-corrected chi connectivity index (χ3v) is 6.12. The molecule has 0 spiro atoms. The third-order valence-electron chi connectivity index (χ3n) is 4.23. The van der Waals surface area contributed by atoms with Gasteiger partial charge in [0.25, 0.3) is 0 Å². The molecule has 7 heteroatoms. The molecule has 0 aliphatic carbocycles. The second-order valence-corrected chi connectivity index (χ2v) is 7.37. The summed E-state index contributed by atoms with van der Waals surface area (Å²) in [4.78, 5) is 2.68. The Balaban J connectivity index is 1.70. The molecule has 0 saturated carbocycles. The lowest BCUT2D eigenvalue weighted by molar-refractivity contribution is 0.103. The minimum absolute atomic E-state index is 0.306. The van der Waals surface area contributed by atoms with Crippen molar-refractivity contribution in [2.45, 2.75) is 10.9 Å². The molecule has 0 bridgehead atoms. The molecule has 0 aromatic heterocycles. The van der Waals surface area contributed by atoms with Gasteiger partial charge in [-0.3, -0.25) is 4.90 Å². The van der Waals surface area contributed by atoms with E-state index in [1.54, 1.807) is 28.6 Å². The minimum Gasteiger partial charge on any atom is -0.497 e. The van der Waals surface area contributed by atoms with Gasteiger partial charge in [-0.1, -0.05) is 6.07 Å². The van der Waals surface area contributed by atoms with Gasteiger partial charge < -0.3 is 10.1 Å². The first-order chi connectivity index (χ1) is 10.1. The summed E-state index contributed by atoms with van der Waals surface area (Å²) in [5.41, 5.74) is 0. The second kappa shape index (κ2) is 5.92. The average Bonchev–Trinajstić information content (AvgIpc) is 2.46. The zero-order valence-electron chi connectivity index (χ0n) is 12.2. The van der Waals surface area contributed by atoms with Crippen molar-refractivity contribution in [3.8, 4) is 5.75 Å². The summed E-state index contributed by atoms with van der Waals surface area (Å²) >= 11 is 0. The lowest BCUT2D eigenvalue weighted by atomic mass is 10.1. The van der Waals surface area contributed by atoms with E-state index in [1.807, 2.05) is 0 Å². The fourth-order valence-electron chi connectivity index (χ4n) is 2.75.